The molecule has 0 unspecified atom stereocenters. The zero-order chi connectivity index (χ0) is 52.9. The summed E-state index contributed by atoms with van der Waals surface area (Å²) in [5.74, 6) is 6.86. The lowest BCUT2D eigenvalue weighted by atomic mass is 9.92. The summed E-state index contributed by atoms with van der Waals surface area (Å²) in [5, 5.41) is 32.6. The number of nitrogens with zero attached hydrogens (tertiary/aromatic N) is 2. The van der Waals surface area contributed by atoms with E-state index < -0.39 is 79.2 Å². The fourth-order valence-electron chi connectivity index (χ4n) is 6.86. The molecule has 0 spiro atoms. The molecular formula is C51H57N4O15P. The maximum Gasteiger partial charge on any atom is 0.470 e. The number of amides is 4. The van der Waals surface area contributed by atoms with E-state index in [9.17, 15) is 43.5 Å². The lowest BCUT2D eigenvalue weighted by molar-refractivity contribution is -0.144. The van der Waals surface area contributed by atoms with Crippen molar-refractivity contribution in [3.8, 4) is 23.7 Å². The van der Waals surface area contributed by atoms with Gasteiger partial charge in [0.1, 0.15) is 25.4 Å². The predicted molar refractivity (Wildman–Crippen MR) is 258 cm³/mol. The minimum Gasteiger partial charge on any atom is -0.393 e. The third-order valence-electron chi connectivity index (χ3n) is 11.6. The second kappa shape index (κ2) is 24.3. The minimum atomic E-state index is -4.97. The fraction of sp³-hybridized carbons (Fsp3) is 0.333. The van der Waals surface area contributed by atoms with Gasteiger partial charge in [-0.25, -0.2) is 4.57 Å². The summed E-state index contributed by atoms with van der Waals surface area (Å²) >= 11 is 0. The van der Waals surface area contributed by atoms with Gasteiger partial charge >= 0.3 is 7.82 Å². The van der Waals surface area contributed by atoms with E-state index in [1.54, 1.807) is 60.7 Å². The molecule has 0 radical (unpaired) electrons. The molecule has 376 valence electrons. The fourth-order valence-corrected chi connectivity index (χ4v) is 7.14. The highest BCUT2D eigenvalue weighted by Gasteiger charge is 2.48. The smallest absolute Gasteiger partial charge is 0.393 e. The Hall–Kier alpha value is -6.87. The molecule has 4 atom stereocenters. The number of ketones is 2. The SMILES string of the molecule is CNC(=O)[C@@](C)(C(=O)CO)N(C)C(=O)c1ccc(C#Cc2ccc([C@H]3COC(C)(C)O3)cc2)cc1.CNC(=O)[C@@](C)(C(=O)COP(=O)(O)O)N(C)C(=O)c1ccc(C#Cc2ccc([C@H](O)CO)cc2)cc1. The molecule has 4 amide bonds. The Morgan fingerprint density at radius 2 is 1.08 bits per heavy atom. The summed E-state index contributed by atoms with van der Waals surface area (Å²) in [6.45, 7) is 4.41. The second-order valence-corrected chi connectivity index (χ2v) is 18.0. The Labute approximate surface area is 411 Å². The van der Waals surface area contributed by atoms with E-state index in [0.29, 0.717) is 28.9 Å². The Balaban J connectivity index is 0.000000309. The topological polar surface area (TPSA) is 279 Å². The molecule has 0 aromatic heterocycles. The van der Waals surface area contributed by atoms with Crippen molar-refractivity contribution in [1.29, 1.82) is 0 Å². The lowest BCUT2D eigenvalue weighted by Gasteiger charge is -2.35. The van der Waals surface area contributed by atoms with Crippen LogP contribution >= 0.6 is 7.82 Å². The molecule has 71 heavy (non-hydrogen) atoms. The summed E-state index contributed by atoms with van der Waals surface area (Å²) in [7, 11) is 0.220. The molecular weight excluding hydrogens is 940 g/mol. The normalized spacial score (nSPS) is 15.8. The molecule has 5 rings (SSSR count). The van der Waals surface area contributed by atoms with Crippen molar-refractivity contribution in [2.45, 2.75) is 56.8 Å². The molecule has 1 heterocycles. The van der Waals surface area contributed by atoms with Crippen molar-refractivity contribution in [2.75, 3.05) is 54.6 Å². The average molecular weight is 997 g/mol. The van der Waals surface area contributed by atoms with Gasteiger partial charge in [0.15, 0.2) is 28.4 Å². The van der Waals surface area contributed by atoms with Gasteiger partial charge in [0, 0.05) is 61.6 Å². The Bertz CT molecular complexity index is 2740. The van der Waals surface area contributed by atoms with Gasteiger partial charge in [0.2, 0.25) is 0 Å². The van der Waals surface area contributed by atoms with E-state index in [2.05, 4.69) is 38.8 Å². The van der Waals surface area contributed by atoms with Gasteiger partial charge < -0.3 is 55.0 Å². The summed E-state index contributed by atoms with van der Waals surface area (Å²) in [6, 6.07) is 27.1. The van der Waals surface area contributed by atoms with Crippen LogP contribution in [-0.2, 0) is 37.7 Å². The van der Waals surface area contributed by atoms with E-state index in [1.165, 1.54) is 47.2 Å². The van der Waals surface area contributed by atoms with E-state index in [1.807, 2.05) is 38.1 Å². The standard InChI is InChI=1S/C27H30N2O6.C24H27N2O9P/c1-26(2)34-17-22(35-26)20-12-8-18(9-13-20)6-7-19-10-14-21(15-11-19)24(32)29(5)27(3,23(31)16-30)25(33)28-4;1-24(23(31)25-2,21(29)15-35-36(32,33)34)26(3)22(30)19-12-8-17(9-13-19)5-4-16-6-10-18(11-7-16)20(28)14-27/h8-15,22,30H,16-17H2,1-5H3,(H,28,33);6-13,20,27-28H,14-15H2,1-3H3,(H,25,31)(H2,32,33,34)/t22-,27-;20-,24-/m11/s1. The van der Waals surface area contributed by atoms with Crippen molar-refractivity contribution in [3.05, 3.63) is 142 Å². The number of carbonyl (C=O) groups is 6. The van der Waals surface area contributed by atoms with Gasteiger partial charge in [-0.15, -0.1) is 0 Å². The molecule has 7 N–H and O–H groups in total. The highest BCUT2D eigenvalue weighted by molar-refractivity contribution is 7.46. The first-order valence-corrected chi connectivity index (χ1v) is 23.3. The highest BCUT2D eigenvalue weighted by atomic mass is 31.2. The monoisotopic (exact) mass is 996 g/mol. The number of likely N-dealkylation sites (N-methyl/N-ethyl adjacent to an activating group) is 4. The van der Waals surface area contributed by atoms with Crippen molar-refractivity contribution in [1.82, 2.24) is 20.4 Å². The van der Waals surface area contributed by atoms with Crippen LogP contribution in [0.25, 0.3) is 0 Å². The molecule has 4 aromatic rings. The van der Waals surface area contributed by atoms with Crippen LogP contribution in [-0.4, -0.2) is 142 Å². The summed E-state index contributed by atoms with van der Waals surface area (Å²) < 4.78 is 26.7. The quantitative estimate of drug-likeness (QED) is 0.0512. The van der Waals surface area contributed by atoms with Crippen LogP contribution in [0, 0.1) is 23.7 Å². The Morgan fingerprint density at radius 1 is 0.704 bits per heavy atom. The van der Waals surface area contributed by atoms with Crippen LogP contribution in [0.4, 0.5) is 0 Å². The number of rotatable bonds is 15. The molecule has 1 aliphatic rings. The zero-order valence-electron chi connectivity index (χ0n) is 40.4. The van der Waals surface area contributed by atoms with Gasteiger partial charge in [-0.05, 0) is 112 Å². The van der Waals surface area contributed by atoms with Gasteiger partial charge in [-0.3, -0.25) is 33.3 Å². The van der Waals surface area contributed by atoms with E-state index in [0.717, 1.165) is 27.9 Å². The third kappa shape index (κ3) is 14.4. The van der Waals surface area contributed by atoms with Crippen LogP contribution < -0.4 is 10.6 Å². The number of hydrogen-bond acceptors (Lipinski definition) is 13. The Kier molecular flexibility index (Phi) is 19.4. The molecule has 0 saturated carbocycles. The Morgan fingerprint density at radius 3 is 1.42 bits per heavy atom. The van der Waals surface area contributed by atoms with Crippen LogP contribution in [0.5, 0.6) is 0 Å². The van der Waals surface area contributed by atoms with Crippen LogP contribution in [0.3, 0.4) is 0 Å². The highest BCUT2D eigenvalue weighted by Crippen LogP contribution is 2.36. The number of Topliss-reactive ketones (excluding diaryl/α,β-unsaturated/α-hetero) is 2. The number of carbonyl (C=O) groups excluding carboxylic acids is 6. The van der Waals surface area contributed by atoms with Crippen LogP contribution in [0.2, 0.25) is 0 Å². The first-order chi connectivity index (χ1) is 33.3. The van der Waals surface area contributed by atoms with E-state index in [-0.39, 0.29) is 23.8 Å². The number of phosphoric acid groups is 1. The number of phosphoric ester groups is 1. The maximum absolute atomic E-state index is 13.0. The molecule has 0 aliphatic carbocycles. The average Bonchev–Trinajstić information content (AvgIpc) is 3.75. The summed E-state index contributed by atoms with van der Waals surface area (Å²) in [5.41, 5.74) is 0.844. The molecule has 1 fully saturated rings. The third-order valence-corrected chi connectivity index (χ3v) is 12.1. The van der Waals surface area contributed by atoms with Gasteiger partial charge in [0.25, 0.3) is 23.6 Å². The number of aliphatic hydroxyl groups excluding tert-OH is 3. The molecule has 1 saturated heterocycles. The maximum atomic E-state index is 13.0. The van der Waals surface area contributed by atoms with Crippen molar-refractivity contribution in [3.63, 3.8) is 0 Å². The molecule has 20 heteroatoms. The first kappa shape index (κ1) is 56.7. The molecule has 1 aliphatic heterocycles. The van der Waals surface area contributed by atoms with Crippen LogP contribution in [0.1, 0.15) is 94.0 Å². The summed E-state index contributed by atoms with van der Waals surface area (Å²) in [4.78, 5) is 95.4. The number of nitrogens with one attached hydrogen (secondary N) is 2. The van der Waals surface area contributed by atoms with E-state index in [4.69, 9.17) is 24.4 Å². The predicted octanol–water partition coefficient (Wildman–Crippen LogP) is 2.42. The van der Waals surface area contributed by atoms with Crippen molar-refractivity contribution < 1.29 is 72.4 Å². The number of ether oxygens (including phenoxy) is 2. The van der Waals surface area contributed by atoms with Gasteiger partial charge in [0.05, 0.1) is 13.2 Å². The van der Waals surface area contributed by atoms with Gasteiger partial charge in [-0.1, -0.05) is 47.9 Å². The number of benzene rings is 4. The van der Waals surface area contributed by atoms with E-state index >= 15 is 0 Å². The van der Waals surface area contributed by atoms with Crippen molar-refractivity contribution in [2.24, 2.45) is 0 Å². The second-order valence-electron chi connectivity index (χ2n) is 16.7. The molecule has 4 aromatic carbocycles. The molecule has 0 bridgehead atoms. The minimum absolute atomic E-state index is 0.104. The lowest BCUT2D eigenvalue weighted by Crippen LogP contribution is -2.62. The summed E-state index contributed by atoms with van der Waals surface area (Å²) in [6.07, 6.45) is -1.07. The first-order valence-electron chi connectivity index (χ1n) is 21.8. The largest absolute Gasteiger partial charge is 0.470 e. The number of hydrogen-bond donors (Lipinski definition) is 7. The van der Waals surface area contributed by atoms with Crippen molar-refractivity contribution >= 4 is 43.0 Å². The number of aliphatic hydroxyl groups is 3. The van der Waals surface area contributed by atoms with Gasteiger partial charge in [-0.2, -0.15) is 0 Å². The zero-order valence-corrected chi connectivity index (χ0v) is 41.3. The van der Waals surface area contributed by atoms with Crippen LogP contribution in [0.15, 0.2) is 97.1 Å². The molecule has 19 nitrogen and oxygen atoms in total.